The Hall–Kier alpha value is -3.42. The molecule has 1 fully saturated rings. The van der Waals surface area contributed by atoms with E-state index in [1.807, 2.05) is 26.0 Å². The van der Waals surface area contributed by atoms with Gasteiger partial charge in [0.15, 0.2) is 6.61 Å². The first-order valence-electron chi connectivity index (χ1n) is 11.0. The maximum atomic E-state index is 13.1. The Bertz CT molecular complexity index is 1150. The highest BCUT2D eigenvalue weighted by Crippen LogP contribution is 2.21. The predicted molar refractivity (Wildman–Crippen MR) is 125 cm³/mol. The van der Waals surface area contributed by atoms with E-state index in [0.717, 1.165) is 0 Å². The molecule has 1 N–H and O–H groups in total. The molecule has 10 heteroatoms. The van der Waals surface area contributed by atoms with Crippen molar-refractivity contribution >= 4 is 21.8 Å². The standard InChI is InChI=1S/C24H28N4O5S/c1-18(2)23(26-22(29)17-33-20-9-4-3-5-10-20)24(30)27-12-14-28(15-13-27)34(31,32)21-11-7-6-8-19(21)16-25/h3-11,18,23H,12-15,17H2,1-2H3,(H,26,29)/t23-/m1/s1. The molecule has 1 saturated heterocycles. The molecule has 0 aromatic heterocycles. The summed E-state index contributed by atoms with van der Waals surface area (Å²) in [4.78, 5) is 27.1. The van der Waals surface area contributed by atoms with Crippen LogP contribution in [0.3, 0.4) is 0 Å². The Balaban J connectivity index is 1.60. The number of nitrogens with one attached hydrogen (secondary N) is 1. The van der Waals surface area contributed by atoms with Crippen molar-refractivity contribution in [2.75, 3.05) is 32.8 Å². The zero-order chi connectivity index (χ0) is 24.7. The number of para-hydroxylation sites is 1. The normalized spacial score (nSPS) is 15.4. The Labute approximate surface area is 200 Å². The van der Waals surface area contributed by atoms with Crippen molar-refractivity contribution in [3.05, 3.63) is 60.2 Å². The topological polar surface area (TPSA) is 120 Å². The molecule has 0 spiro atoms. The van der Waals surface area contributed by atoms with Crippen LogP contribution in [0.15, 0.2) is 59.5 Å². The van der Waals surface area contributed by atoms with Gasteiger partial charge in [0.25, 0.3) is 5.91 Å². The van der Waals surface area contributed by atoms with Crippen molar-refractivity contribution in [1.29, 1.82) is 5.26 Å². The van der Waals surface area contributed by atoms with Gasteiger partial charge in [0.2, 0.25) is 15.9 Å². The van der Waals surface area contributed by atoms with Crippen molar-refractivity contribution in [3.63, 3.8) is 0 Å². The SMILES string of the molecule is CC(C)[C@@H](NC(=O)COc1ccccc1)C(=O)N1CCN(S(=O)(=O)c2ccccc2C#N)CC1. The van der Waals surface area contributed by atoms with Crippen molar-refractivity contribution in [2.45, 2.75) is 24.8 Å². The number of amides is 2. The summed E-state index contributed by atoms with van der Waals surface area (Å²) in [7, 11) is -3.86. The quantitative estimate of drug-likeness (QED) is 0.608. The van der Waals surface area contributed by atoms with Crippen LogP contribution in [-0.2, 0) is 19.6 Å². The van der Waals surface area contributed by atoms with Gasteiger partial charge >= 0.3 is 0 Å². The van der Waals surface area contributed by atoms with Gasteiger partial charge in [-0.25, -0.2) is 8.42 Å². The second-order valence-corrected chi connectivity index (χ2v) is 10.1. The van der Waals surface area contributed by atoms with Gasteiger partial charge in [0, 0.05) is 26.2 Å². The summed E-state index contributed by atoms with van der Waals surface area (Å²) in [5.41, 5.74) is 0.0845. The fraction of sp³-hybridized carbons (Fsp3) is 0.375. The van der Waals surface area contributed by atoms with Crippen molar-refractivity contribution in [1.82, 2.24) is 14.5 Å². The lowest BCUT2D eigenvalue weighted by Crippen LogP contribution is -2.57. The molecular weight excluding hydrogens is 456 g/mol. The van der Waals surface area contributed by atoms with Gasteiger partial charge in [-0.1, -0.05) is 44.2 Å². The first-order chi connectivity index (χ1) is 16.2. The number of carbonyl (C=O) groups is 2. The summed E-state index contributed by atoms with van der Waals surface area (Å²) in [6.45, 7) is 4.03. The molecule has 0 unspecified atom stereocenters. The molecule has 0 saturated carbocycles. The Morgan fingerprint density at radius 3 is 2.26 bits per heavy atom. The Morgan fingerprint density at radius 2 is 1.65 bits per heavy atom. The van der Waals surface area contributed by atoms with E-state index in [-0.39, 0.29) is 55.1 Å². The van der Waals surface area contributed by atoms with Gasteiger partial charge in [-0.15, -0.1) is 0 Å². The van der Waals surface area contributed by atoms with E-state index in [9.17, 15) is 23.3 Å². The van der Waals surface area contributed by atoms with Gasteiger partial charge < -0.3 is 15.0 Å². The molecule has 0 radical (unpaired) electrons. The van der Waals surface area contributed by atoms with Crippen molar-refractivity contribution in [3.8, 4) is 11.8 Å². The van der Waals surface area contributed by atoms with E-state index in [1.54, 1.807) is 41.3 Å². The first-order valence-corrected chi connectivity index (χ1v) is 12.4. The second-order valence-electron chi connectivity index (χ2n) is 8.23. The number of benzene rings is 2. The van der Waals surface area contributed by atoms with Gasteiger partial charge in [-0.2, -0.15) is 9.57 Å². The second kappa shape index (κ2) is 11.1. The molecule has 0 aliphatic carbocycles. The molecule has 2 aromatic carbocycles. The summed E-state index contributed by atoms with van der Waals surface area (Å²) in [5.74, 6) is -0.291. The molecule has 2 amide bonds. The number of ether oxygens (including phenoxy) is 1. The monoisotopic (exact) mass is 484 g/mol. The molecule has 1 aliphatic heterocycles. The van der Waals surface area contributed by atoms with E-state index in [2.05, 4.69) is 5.32 Å². The van der Waals surface area contributed by atoms with E-state index >= 15 is 0 Å². The van der Waals surface area contributed by atoms with Crippen molar-refractivity contribution < 1.29 is 22.7 Å². The van der Waals surface area contributed by atoms with Crippen LogP contribution in [0.5, 0.6) is 5.75 Å². The van der Waals surface area contributed by atoms with Gasteiger partial charge in [-0.3, -0.25) is 9.59 Å². The molecule has 2 aromatic rings. The van der Waals surface area contributed by atoms with Crippen LogP contribution < -0.4 is 10.1 Å². The maximum absolute atomic E-state index is 13.1. The highest BCUT2D eigenvalue weighted by molar-refractivity contribution is 7.89. The molecule has 9 nitrogen and oxygen atoms in total. The maximum Gasteiger partial charge on any atom is 0.258 e. The Morgan fingerprint density at radius 1 is 1.03 bits per heavy atom. The summed E-state index contributed by atoms with van der Waals surface area (Å²) in [5, 5.41) is 12.0. The number of nitrogens with zero attached hydrogens (tertiary/aromatic N) is 3. The van der Waals surface area contributed by atoms with E-state index in [1.165, 1.54) is 16.4 Å². The summed E-state index contributed by atoms with van der Waals surface area (Å²) < 4.78 is 32.8. The average molecular weight is 485 g/mol. The zero-order valence-corrected chi connectivity index (χ0v) is 20.0. The van der Waals surface area contributed by atoms with E-state index in [0.29, 0.717) is 5.75 Å². The number of hydrogen-bond donors (Lipinski definition) is 1. The fourth-order valence-electron chi connectivity index (χ4n) is 3.66. The fourth-order valence-corrected chi connectivity index (χ4v) is 5.23. The van der Waals surface area contributed by atoms with E-state index in [4.69, 9.17) is 4.74 Å². The highest BCUT2D eigenvalue weighted by Gasteiger charge is 2.35. The van der Waals surface area contributed by atoms with Crippen LogP contribution in [0.1, 0.15) is 19.4 Å². The molecule has 0 bridgehead atoms. The number of carbonyl (C=O) groups excluding carboxylic acids is 2. The molecule has 34 heavy (non-hydrogen) atoms. The van der Waals surface area contributed by atoms with Crippen molar-refractivity contribution in [2.24, 2.45) is 5.92 Å². The summed E-state index contributed by atoms with van der Waals surface area (Å²) in [6.07, 6.45) is 0. The smallest absolute Gasteiger partial charge is 0.258 e. The third-order valence-corrected chi connectivity index (χ3v) is 7.49. The molecule has 180 valence electrons. The molecule has 1 atom stereocenters. The zero-order valence-electron chi connectivity index (χ0n) is 19.2. The lowest BCUT2D eigenvalue weighted by molar-refractivity contribution is -0.139. The third kappa shape index (κ3) is 5.92. The minimum atomic E-state index is -3.86. The number of nitriles is 1. The minimum Gasteiger partial charge on any atom is -0.484 e. The number of sulfonamides is 1. The number of hydrogen-bond acceptors (Lipinski definition) is 6. The summed E-state index contributed by atoms with van der Waals surface area (Å²) in [6, 6.07) is 16.1. The van der Waals surface area contributed by atoms with Gasteiger partial charge in [0.05, 0.1) is 10.5 Å². The third-order valence-electron chi connectivity index (χ3n) is 5.54. The number of piperazine rings is 1. The highest BCUT2D eigenvalue weighted by atomic mass is 32.2. The first kappa shape index (κ1) is 25.2. The van der Waals surface area contributed by atoms with Gasteiger partial charge in [-0.05, 0) is 30.2 Å². The predicted octanol–water partition coefficient (Wildman–Crippen LogP) is 1.61. The lowest BCUT2D eigenvalue weighted by Gasteiger charge is -2.36. The minimum absolute atomic E-state index is 0.0389. The van der Waals surface area contributed by atoms with Crippen LogP contribution >= 0.6 is 0 Å². The Kier molecular flexibility index (Phi) is 8.26. The van der Waals surface area contributed by atoms with Gasteiger partial charge in [0.1, 0.15) is 17.9 Å². The molecule has 1 heterocycles. The largest absolute Gasteiger partial charge is 0.484 e. The van der Waals surface area contributed by atoms with Crippen LogP contribution in [-0.4, -0.2) is 68.3 Å². The van der Waals surface area contributed by atoms with Crippen LogP contribution in [0.25, 0.3) is 0 Å². The van der Waals surface area contributed by atoms with Crippen LogP contribution in [0.2, 0.25) is 0 Å². The lowest BCUT2D eigenvalue weighted by atomic mass is 10.0. The van der Waals surface area contributed by atoms with E-state index < -0.39 is 22.0 Å². The molecular formula is C24H28N4O5S. The average Bonchev–Trinajstić information content (AvgIpc) is 2.86. The molecule has 3 rings (SSSR count). The number of rotatable bonds is 8. The van der Waals surface area contributed by atoms with Crippen LogP contribution in [0, 0.1) is 17.2 Å². The summed E-state index contributed by atoms with van der Waals surface area (Å²) >= 11 is 0. The molecule has 1 aliphatic rings. The van der Waals surface area contributed by atoms with Crippen LogP contribution in [0.4, 0.5) is 0 Å².